The highest BCUT2D eigenvalue weighted by atomic mass is 16.1. The molecule has 0 atom stereocenters. The van der Waals surface area contributed by atoms with Crippen molar-refractivity contribution in [3.63, 3.8) is 0 Å². The fourth-order valence-electron chi connectivity index (χ4n) is 0.894. The van der Waals surface area contributed by atoms with Gasteiger partial charge in [0.25, 0.3) is 0 Å². The topological polar surface area (TPSA) is 84.7 Å². The van der Waals surface area contributed by atoms with E-state index in [-0.39, 0.29) is 22.9 Å². The lowest BCUT2D eigenvalue weighted by atomic mass is 10.2. The van der Waals surface area contributed by atoms with Crippen LogP contribution in [-0.2, 0) is 7.05 Å². The molecule has 0 bridgehead atoms. The second-order valence-electron chi connectivity index (χ2n) is 2.40. The van der Waals surface area contributed by atoms with Gasteiger partial charge in [-0.3, -0.25) is 9.48 Å². The summed E-state index contributed by atoms with van der Waals surface area (Å²) in [6.07, 6.45) is 0. The van der Waals surface area contributed by atoms with Gasteiger partial charge >= 0.3 is 0 Å². The first-order chi connectivity index (χ1) is 5.57. The monoisotopic (exact) mass is 164 g/mol. The summed E-state index contributed by atoms with van der Waals surface area (Å²) in [5.74, 6) is -0.0263. The van der Waals surface area contributed by atoms with Crippen LogP contribution in [-0.4, -0.2) is 15.6 Å². The molecule has 0 aliphatic carbocycles. The lowest BCUT2D eigenvalue weighted by molar-refractivity contribution is 0.101. The summed E-state index contributed by atoms with van der Waals surface area (Å²) >= 11 is 0. The van der Waals surface area contributed by atoms with Crippen molar-refractivity contribution >= 4 is 11.6 Å². The van der Waals surface area contributed by atoms with Crippen LogP contribution in [0.25, 0.3) is 0 Å². The van der Waals surface area contributed by atoms with Crippen molar-refractivity contribution < 1.29 is 4.79 Å². The smallest absolute Gasteiger partial charge is 0.181 e. The first kappa shape index (κ1) is 8.27. The van der Waals surface area contributed by atoms with Crippen LogP contribution < -0.4 is 5.73 Å². The number of nitriles is 1. The summed E-state index contributed by atoms with van der Waals surface area (Å²) in [5, 5.41) is 12.4. The number of carbonyl (C=O) groups excluding carboxylic acids is 1. The molecule has 0 amide bonds. The zero-order chi connectivity index (χ0) is 9.30. The minimum absolute atomic E-state index is 0.137. The van der Waals surface area contributed by atoms with Gasteiger partial charge in [0.15, 0.2) is 5.78 Å². The molecular weight excluding hydrogens is 156 g/mol. The highest BCUT2D eigenvalue weighted by Crippen LogP contribution is 2.14. The zero-order valence-corrected chi connectivity index (χ0v) is 6.83. The first-order valence-electron chi connectivity index (χ1n) is 3.31. The lowest BCUT2D eigenvalue weighted by Crippen LogP contribution is -1.98. The van der Waals surface area contributed by atoms with Crippen molar-refractivity contribution in [1.82, 2.24) is 9.78 Å². The Morgan fingerprint density at radius 1 is 1.75 bits per heavy atom. The maximum atomic E-state index is 10.9. The molecule has 0 saturated heterocycles. The van der Waals surface area contributed by atoms with Crippen LogP contribution in [0.5, 0.6) is 0 Å². The molecule has 0 aliphatic heterocycles. The molecule has 1 heterocycles. The van der Waals surface area contributed by atoms with Crippen LogP contribution in [0.2, 0.25) is 0 Å². The molecule has 0 fully saturated rings. The van der Waals surface area contributed by atoms with Gasteiger partial charge in [0.05, 0.1) is 0 Å². The number of nitrogen functional groups attached to an aromatic ring is 1. The van der Waals surface area contributed by atoms with Gasteiger partial charge in [-0.15, -0.1) is 0 Å². The molecule has 0 spiro atoms. The minimum Gasteiger partial charge on any atom is -0.383 e. The molecule has 1 aromatic heterocycles. The van der Waals surface area contributed by atoms with E-state index in [4.69, 9.17) is 11.0 Å². The molecule has 0 aliphatic rings. The van der Waals surface area contributed by atoms with Crippen LogP contribution in [0.3, 0.4) is 0 Å². The first-order valence-corrected chi connectivity index (χ1v) is 3.31. The van der Waals surface area contributed by atoms with E-state index >= 15 is 0 Å². The third kappa shape index (κ3) is 1.03. The van der Waals surface area contributed by atoms with Gasteiger partial charge in [-0.2, -0.15) is 10.4 Å². The molecule has 5 nitrogen and oxygen atoms in total. The van der Waals surface area contributed by atoms with Crippen molar-refractivity contribution in [1.29, 1.82) is 5.26 Å². The standard InChI is InChI=1S/C7H8N4O/c1-4(12)6-5(3-8)7(9)11(2)10-6/h9H2,1-2H3. The van der Waals surface area contributed by atoms with Gasteiger partial charge in [-0.05, 0) is 0 Å². The largest absolute Gasteiger partial charge is 0.383 e. The molecule has 62 valence electrons. The number of hydrogen-bond donors (Lipinski definition) is 1. The fraction of sp³-hybridized carbons (Fsp3) is 0.286. The number of nitrogens with zero attached hydrogens (tertiary/aromatic N) is 3. The molecule has 0 aromatic carbocycles. The third-order valence-corrected chi connectivity index (χ3v) is 1.54. The SMILES string of the molecule is CC(=O)c1nn(C)c(N)c1C#N. The summed E-state index contributed by atoms with van der Waals surface area (Å²) in [7, 11) is 1.59. The second-order valence-corrected chi connectivity index (χ2v) is 2.40. The predicted octanol–water partition coefficient (Wildman–Crippen LogP) is 0.0766. The van der Waals surface area contributed by atoms with Gasteiger partial charge in [-0.1, -0.05) is 0 Å². The van der Waals surface area contributed by atoms with Crippen LogP contribution >= 0.6 is 0 Å². The Bertz CT molecular complexity index is 371. The fourth-order valence-corrected chi connectivity index (χ4v) is 0.894. The van der Waals surface area contributed by atoms with Gasteiger partial charge < -0.3 is 5.73 Å². The summed E-state index contributed by atoms with van der Waals surface area (Å²) in [6, 6.07) is 1.84. The third-order valence-electron chi connectivity index (χ3n) is 1.54. The highest BCUT2D eigenvalue weighted by Gasteiger charge is 2.16. The average molecular weight is 164 g/mol. The van der Waals surface area contributed by atoms with Crippen LogP contribution in [0.1, 0.15) is 23.0 Å². The van der Waals surface area contributed by atoms with Crippen molar-refractivity contribution in [2.24, 2.45) is 7.05 Å². The normalized spacial score (nSPS) is 9.42. The van der Waals surface area contributed by atoms with E-state index < -0.39 is 0 Å². The van der Waals surface area contributed by atoms with E-state index in [0.29, 0.717) is 0 Å². The van der Waals surface area contributed by atoms with Gasteiger partial charge in [0.1, 0.15) is 23.1 Å². The Morgan fingerprint density at radius 2 is 2.33 bits per heavy atom. The van der Waals surface area contributed by atoms with E-state index in [1.807, 2.05) is 6.07 Å². The molecule has 0 radical (unpaired) electrons. The Labute approximate surface area is 69.4 Å². The van der Waals surface area contributed by atoms with Gasteiger partial charge in [0.2, 0.25) is 0 Å². The molecule has 0 saturated carbocycles. The van der Waals surface area contributed by atoms with Crippen molar-refractivity contribution in [3.8, 4) is 6.07 Å². The van der Waals surface area contributed by atoms with Crippen LogP contribution in [0.4, 0.5) is 5.82 Å². The summed E-state index contributed by atoms with van der Waals surface area (Å²) in [4.78, 5) is 10.9. The lowest BCUT2D eigenvalue weighted by Gasteiger charge is -1.89. The Hall–Kier alpha value is -1.83. The molecule has 12 heavy (non-hydrogen) atoms. The van der Waals surface area contributed by atoms with Gasteiger partial charge in [0, 0.05) is 14.0 Å². The van der Waals surface area contributed by atoms with E-state index in [1.165, 1.54) is 11.6 Å². The second kappa shape index (κ2) is 2.66. The maximum absolute atomic E-state index is 10.9. The quantitative estimate of drug-likeness (QED) is 0.595. The Morgan fingerprint density at radius 3 is 2.67 bits per heavy atom. The number of rotatable bonds is 1. The number of anilines is 1. The average Bonchev–Trinajstić information content (AvgIpc) is 2.29. The summed E-state index contributed by atoms with van der Waals surface area (Å²) < 4.78 is 1.31. The van der Waals surface area contributed by atoms with E-state index in [1.54, 1.807) is 7.05 Å². The highest BCUT2D eigenvalue weighted by molar-refractivity contribution is 5.95. The number of ketones is 1. The minimum atomic E-state index is -0.251. The number of nitrogens with two attached hydrogens (primary N) is 1. The van der Waals surface area contributed by atoms with Crippen molar-refractivity contribution in [2.45, 2.75) is 6.92 Å². The molecule has 1 rings (SSSR count). The summed E-state index contributed by atoms with van der Waals surface area (Å²) in [5.41, 5.74) is 5.77. The van der Waals surface area contributed by atoms with E-state index in [2.05, 4.69) is 5.10 Å². The number of carbonyl (C=O) groups is 1. The Kier molecular flexibility index (Phi) is 1.83. The van der Waals surface area contributed by atoms with Crippen molar-refractivity contribution in [2.75, 3.05) is 5.73 Å². The van der Waals surface area contributed by atoms with Crippen LogP contribution in [0, 0.1) is 11.3 Å². The van der Waals surface area contributed by atoms with Gasteiger partial charge in [-0.25, -0.2) is 0 Å². The van der Waals surface area contributed by atoms with E-state index in [0.717, 1.165) is 0 Å². The Balaban J connectivity index is 3.42. The molecule has 2 N–H and O–H groups in total. The van der Waals surface area contributed by atoms with Crippen LogP contribution in [0.15, 0.2) is 0 Å². The summed E-state index contributed by atoms with van der Waals surface area (Å²) in [6.45, 7) is 1.35. The predicted molar refractivity (Wildman–Crippen MR) is 42.3 cm³/mol. The molecular formula is C7H8N4O. The number of aromatic nitrogens is 2. The maximum Gasteiger partial charge on any atom is 0.181 e. The molecule has 0 unspecified atom stereocenters. The number of aryl methyl sites for hydroxylation is 1. The van der Waals surface area contributed by atoms with Crippen molar-refractivity contribution in [3.05, 3.63) is 11.3 Å². The molecule has 5 heteroatoms. The molecule has 1 aromatic rings. The zero-order valence-electron chi connectivity index (χ0n) is 6.83. The van der Waals surface area contributed by atoms with E-state index in [9.17, 15) is 4.79 Å². The number of hydrogen-bond acceptors (Lipinski definition) is 4. The number of Topliss-reactive ketones (excluding diaryl/α,β-unsaturated/α-hetero) is 1.